The van der Waals surface area contributed by atoms with E-state index >= 15 is 0 Å². The predicted octanol–water partition coefficient (Wildman–Crippen LogP) is -1.34. The zero-order valence-corrected chi connectivity index (χ0v) is 8.24. The molecular formula is C9H17N3O2. The van der Waals surface area contributed by atoms with E-state index in [2.05, 4.69) is 0 Å². The fourth-order valence-electron chi connectivity index (χ4n) is 1.71. The van der Waals surface area contributed by atoms with Crippen LogP contribution in [0.4, 0.5) is 0 Å². The molecule has 1 atom stereocenters. The van der Waals surface area contributed by atoms with Gasteiger partial charge in [0.05, 0.1) is 18.2 Å². The Morgan fingerprint density at radius 1 is 1.57 bits per heavy atom. The van der Waals surface area contributed by atoms with Crippen molar-refractivity contribution in [2.24, 2.45) is 11.5 Å². The van der Waals surface area contributed by atoms with E-state index < -0.39 is 5.54 Å². The van der Waals surface area contributed by atoms with E-state index in [1.807, 2.05) is 0 Å². The molecule has 1 saturated heterocycles. The molecule has 1 heterocycles. The van der Waals surface area contributed by atoms with Gasteiger partial charge < -0.3 is 21.1 Å². The van der Waals surface area contributed by atoms with Crippen molar-refractivity contribution in [1.82, 2.24) is 4.90 Å². The number of carbonyl (C=O) groups excluding carboxylic acids is 1. The van der Waals surface area contributed by atoms with E-state index in [0.29, 0.717) is 26.2 Å². The molecular weight excluding hydrogens is 182 g/mol. The van der Waals surface area contributed by atoms with Crippen molar-refractivity contribution in [2.75, 3.05) is 26.2 Å². The number of morpholine rings is 1. The third-order valence-electron chi connectivity index (χ3n) is 2.90. The number of rotatable bonds is 2. The van der Waals surface area contributed by atoms with Crippen LogP contribution in [0.3, 0.4) is 0 Å². The molecule has 0 radical (unpaired) electrons. The number of nitrogens with two attached hydrogens (primary N) is 2. The topological polar surface area (TPSA) is 81.6 Å². The zero-order chi connectivity index (χ0) is 10.2. The van der Waals surface area contributed by atoms with E-state index in [0.717, 1.165) is 12.8 Å². The van der Waals surface area contributed by atoms with Gasteiger partial charge in [0.1, 0.15) is 0 Å². The molecule has 0 spiro atoms. The first kappa shape index (κ1) is 9.89. The summed E-state index contributed by atoms with van der Waals surface area (Å²) in [7, 11) is 0. The highest BCUT2D eigenvalue weighted by molar-refractivity contribution is 5.89. The van der Waals surface area contributed by atoms with Crippen LogP contribution in [-0.2, 0) is 9.53 Å². The van der Waals surface area contributed by atoms with Gasteiger partial charge in [-0.15, -0.1) is 0 Å². The summed E-state index contributed by atoms with van der Waals surface area (Å²) < 4.78 is 5.38. The molecule has 1 unspecified atom stereocenters. The second kappa shape index (κ2) is 3.49. The average molecular weight is 199 g/mol. The van der Waals surface area contributed by atoms with Gasteiger partial charge in [-0.2, -0.15) is 0 Å². The van der Waals surface area contributed by atoms with Gasteiger partial charge in [-0.1, -0.05) is 0 Å². The minimum atomic E-state index is -0.559. The Morgan fingerprint density at radius 3 is 2.86 bits per heavy atom. The molecule has 2 rings (SSSR count). The van der Waals surface area contributed by atoms with Crippen LogP contribution in [0.25, 0.3) is 0 Å². The minimum Gasteiger partial charge on any atom is -0.373 e. The number of hydrogen-bond acceptors (Lipinski definition) is 4. The highest BCUT2D eigenvalue weighted by Gasteiger charge is 2.48. The third-order valence-corrected chi connectivity index (χ3v) is 2.90. The predicted molar refractivity (Wildman–Crippen MR) is 51.5 cm³/mol. The van der Waals surface area contributed by atoms with Crippen molar-refractivity contribution >= 4 is 5.91 Å². The number of nitrogens with zero attached hydrogens (tertiary/aromatic N) is 1. The van der Waals surface area contributed by atoms with E-state index in [4.69, 9.17) is 16.2 Å². The zero-order valence-electron chi connectivity index (χ0n) is 8.24. The first-order chi connectivity index (χ1) is 6.65. The highest BCUT2D eigenvalue weighted by Crippen LogP contribution is 2.34. The van der Waals surface area contributed by atoms with Crippen LogP contribution in [0, 0.1) is 0 Å². The summed E-state index contributed by atoms with van der Waals surface area (Å²) in [5.41, 5.74) is 10.8. The Labute approximate surface area is 83.4 Å². The molecule has 14 heavy (non-hydrogen) atoms. The van der Waals surface area contributed by atoms with Gasteiger partial charge in [-0.25, -0.2) is 0 Å². The normalized spacial score (nSPS) is 30.1. The lowest BCUT2D eigenvalue weighted by molar-refractivity contribution is -0.140. The molecule has 1 saturated carbocycles. The quantitative estimate of drug-likeness (QED) is 0.577. The summed E-state index contributed by atoms with van der Waals surface area (Å²) in [6, 6.07) is 0. The smallest absolute Gasteiger partial charge is 0.242 e. The van der Waals surface area contributed by atoms with Gasteiger partial charge in [0.25, 0.3) is 0 Å². The van der Waals surface area contributed by atoms with Crippen molar-refractivity contribution < 1.29 is 9.53 Å². The molecule has 0 aromatic heterocycles. The van der Waals surface area contributed by atoms with Gasteiger partial charge in [-0.3, -0.25) is 4.79 Å². The molecule has 80 valence electrons. The Balaban J connectivity index is 1.93. The second-order valence-electron chi connectivity index (χ2n) is 4.14. The van der Waals surface area contributed by atoms with Crippen molar-refractivity contribution in [2.45, 2.75) is 24.5 Å². The van der Waals surface area contributed by atoms with Crippen LogP contribution in [0.5, 0.6) is 0 Å². The molecule has 1 aliphatic carbocycles. The van der Waals surface area contributed by atoms with Crippen molar-refractivity contribution in [3.8, 4) is 0 Å². The van der Waals surface area contributed by atoms with E-state index in [-0.39, 0.29) is 12.0 Å². The SMILES string of the molecule is NCC1CN(C(=O)C2(N)CC2)CCO1. The molecule has 0 aromatic carbocycles. The standard InChI is InChI=1S/C9H17N3O2/c10-5-7-6-12(3-4-14-7)8(13)9(11)1-2-9/h7H,1-6,10-11H2. The van der Waals surface area contributed by atoms with Crippen LogP contribution in [0.15, 0.2) is 0 Å². The van der Waals surface area contributed by atoms with Crippen molar-refractivity contribution in [1.29, 1.82) is 0 Å². The molecule has 5 heteroatoms. The molecule has 1 aliphatic heterocycles. The lowest BCUT2D eigenvalue weighted by atomic mass is 10.2. The van der Waals surface area contributed by atoms with Gasteiger partial charge in [0.2, 0.25) is 5.91 Å². The van der Waals surface area contributed by atoms with Crippen molar-refractivity contribution in [3.63, 3.8) is 0 Å². The number of amides is 1. The van der Waals surface area contributed by atoms with Gasteiger partial charge in [-0.05, 0) is 12.8 Å². The molecule has 5 nitrogen and oxygen atoms in total. The first-order valence-electron chi connectivity index (χ1n) is 5.06. The summed E-state index contributed by atoms with van der Waals surface area (Å²) in [4.78, 5) is 13.6. The summed E-state index contributed by atoms with van der Waals surface area (Å²) in [6.45, 7) is 2.27. The van der Waals surface area contributed by atoms with Gasteiger partial charge in [0, 0.05) is 19.6 Å². The highest BCUT2D eigenvalue weighted by atomic mass is 16.5. The van der Waals surface area contributed by atoms with Crippen LogP contribution in [-0.4, -0.2) is 48.7 Å². The monoisotopic (exact) mass is 199 g/mol. The molecule has 4 N–H and O–H groups in total. The maximum Gasteiger partial charge on any atom is 0.242 e. The maximum atomic E-state index is 11.8. The molecule has 0 bridgehead atoms. The third kappa shape index (κ3) is 1.75. The maximum absolute atomic E-state index is 11.8. The van der Waals surface area contributed by atoms with Gasteiger partial charge in [0.15, 0.2) is 0 Å². The minimum absolute atomic E-state index is 0.0185. The van der Waals surface area contributed by atoms with E-state index in [1.165, 1.54) is 0 Å². The van der Waals surface area contributed by atoms with Crippen LogP contribution in [0.2, 0.25) is 0 Å². The van der Waals surface area contributed by atoms with Crippen LogP contribution < -0.4 is 11.5 Å². The van der Waals surface area contributed by atoms with Crippen molar-refractivity contribution in [3.05, 3.63) is 0 Å². The summed E-state index contributed by atoms with van der Waals surface area (Å²) in [5.74, 6) is 0.0688. The number of carbonyl (C=O) groups is 1. The lowest BCUT2D eigenvalue weighted by Crippen LogP contribution is -2.53. The summed E-state index contributed by atoms with van der Waals surface area (Å²) in [6.07, 6.45) is 1.61. The molecule has 0 aromatic rings. The number of ether oxygens (including phenoxy) is 1. The lowest BCUT2D eigenvalue weighted by Gasteiger charge is -2.33. The summed E-state index contributed by atoms with van der Waals surface area (Å²) in [5, 5.41) is 0. The van der Waals surface area contributed by atoms with E-state index in [1.54, 1.807) is 4.90 Å². The molecule has 1 amide bonds. The first-order valence-corrected chi connectivity index (χ1v) is 5.06. The van der Waals surface area contributed by atoms with E-state index in [9.17, 15) is 4.79 Å². The Hall–Kier alpha value is -0.650. The van der Waals surface area contributed by atoms with Crippen LogP contribution >= 0.6 is 0 Å². The molecule has 2 fully saturated rings. The Morgan fingerprint density at radius 2 is 2.29 bits per heavy atom. The Bertz CT molecular complexity index is 240. The summed E-state index contributed by atoms with van der Waals surface area (Å²) >= 11 is 0. The van der Waals surface area contributed by atoms with Gasteiger partial charge >= 0.3 is 0 Å². The molecule has 2 aliphatic rings. The number of hydrogen-bond donors (Lipinski definition) is 2. The largest absolute Gasteiger partial charge is 0.373 e. The second-order valence-corrected chi connectivity index (χ2v) is 4.14. The fraction of sp³-hybridized carbons (Fsp3) is 0.889. The van der Waals surface area contributed by atoms with Crippen LogP contribution in [0.1, 0.15) is 12.8 Å². The fourth-order valence-corrected chi connectivity index (χ4v) is 1.71. The average Bonchev–Trinajstić information content (AvgIpc) is 2.97. The Kier molecular flexibility index (Phi) is 2.47.